The maximum absolute atomic E-state index is 12.1. The average Bonchev–Trinajstić information content (AvgIpc) is 2.69. The van der Waals surface area contributed by atoms with E-state index in [-0.39, 0.29) is 5.91 Å². The topological polar surface area (TPSA) is 55.1 Å². The Bertz CT molecular complexity index is 582. The number of anilines is 1. The van der Waals surface area contributed by atoms with Gasteiger partial charge in [-0.1, -0.05) is 11.2 Å². The van der Waals surface area contributed by atoms with E-state index in [1.54, 1.807) is 6.92 Å². The third kappa shape index (κ3) is 2.46. The van der Waals surface area contributed by atoms with E-state index in [1.807, 2.05) is 26.0 Å². The number of rotatable bonds is 2. The minimum atomic E-state index is -0.221. The van der Waals surface area contributed by atoms with Gasteiger partial charge in [0.25, 0.3) is 5.91 Å². The van der Waals surface area contributed by atoms with E-state index in [2.05, 4.69) is 26.4 Å². The number of hydrogen-bond donors (Lipinski definition) is 1. The summed E-state index contributed by atoms with van der Waals surface area (Å²) < 4.78 is 5.74. The van der Waals surface area contributed by atoms with Crippen LogP contribution < -0.4 is 5.32 Å². The maximum atomic E-state index is 12.1. The van der Waals surface area contributed by atoms with E-state index in [0.717, 1.165) is 21.3 Å². The molecule has 0 fully saturated rings. The molecule has 0 saturated heterocycles. The van der Waals surface area contributed by atoms with Crippen LogP contribution in [0.25, 0.3) is 0 Å². The SMILES string of the molecule is Cc1cc(C)c(NC(=O)c2cnoc2C)c(Br)c1. The van der Waals surface area contributed by atoms with Crippen molar-refractivity contribution in [3.63, 3.8) is 0 Å². The molecule has 5 heteroatoms. The molecule has 18 heavy (non-hydrogen) atoms. The Morgan fingerprint density at radius 2 is 2.06 bits per heavy atom. The van der Waals surface area contributed by atoms with Gasteiger partial charge in [0.15, 0.2) is 0 Å². The summed E-state index contributed by atoms with van der Waals surface area (Å²) in [6, 6.07) is 3.98. The quantitative estimate of drug-likeness (QED) is 0.922. The molecule has 0 aliphatic heterocycles. The number of amides is 1. The second-order valence-electron chi connectivity index (χ2n) is 4.19. The predicted molar refractivity (Wildman–Crippen MR) is 72.8 cm³/mol. The Hall–Kier alpha value is -1.62. The molecule has 0 atom stereocenters. The zero-order chi connectivity index (χ0) is 13.3. The van der Waals surface area contributed by atoms with Crippen molar-refractivity contribution in [3.8, 4) is 0 Å². The van der Waals surface area contributed by atoms with Gasteiger partial charge in [0.2, 0.25) is 0 Å². The summed E-state index contributed by atoms with van der Waals surface area (Å²) >= 11 is 3.45. The zero-order valence-electron chi connectivity index (χ0n) is 10.4. The Morgan fingerprint density at radius 3 is 2.61 bits per heavy atom. The minimum absolute atomic E-state index is 0.221. The van der Waals surface area contributed by atoms with Gasteiger partial charge in [-0.25, -0.2) is 0 Å². The molecule has 2 rings (SSSR count). The molecule has 4 nitrogen and oxygen atoms in total. The summed E-state index contributed by atoms with van der Waals surface area (Å²) in [6.07, 6.45) is 1.42. The fourth-order valence-corrected chi connectivity index (χ4v) is 2.54. The first-order valence-corrected chi connectivity index (χ1v) is 6.27. The van der Waals surface area contributed by atoms with Crippen LogP contribution in [0.1, 0.15) is 27.2 Å². The van der Waals surface area contributed by atoms with Crippen LogP contribution in [0.2, 0.25) is 0 Å². The number of nitrogens with zero attached hydrogens (tertiary/aromatic N) is 1. The molecule has 1 N–H and O–H groups in total. The maximum Gasteiger partial charge on any atom is 0.260 e. The van der Waals surface area contributed by atoms with Crippen LogP contribution in [0.15, 0.2) is 27.3 Å². The lowest BCUT2D eigenvalue weighted by Gasteiger charge is -2.11. The van der Waals surface area contributed by atoms with Crippen LogP contribution in [0.4, 0.5) is 5.69 Å². The summed E-state index contributed by atoms with van der Waals surface area (Å²) in [5.41, 5.74) is 3.36. The van der Waals surface area contributed by atoms with Gasteiger partial charge >= 0.3 is 0 Å². The van der Waals surface area contributed by atoms with Crippen molar-refractivity contribution < 1.29 is 9.32 Å². The summed E-state index contributed by atoms with van der Waals surface area (Å²) in [6.45, 7) is 5.67. The molecule has 0 spiro atoms. The van der Waals surface area contributed by atoms with Crippen molar-refractivity contribution in [1.82, 2.24) is 5.16 Å². The molecular formula is C13H13BrN2O2. The molecule has 2 aromatic rings. The van der Waals surface area contributed by atoms with E-state index in [9.17, 15) is 4.79 Å². The molecule has 1 aromatic heterocycles. The van der Waals surface area contributed by atoms with Crippen LogP contribution >= 0.6 is 15.9 Å². The van der Waals surface area contributed by atoms with Crippen molar-refractivity contribution in [2.45, 2.75) is 20.8 Å². The first-order valence-electron chi connectivity index (χ1n) is 5.48. The van der Waals surface area contributed by atoms with Crippen molar-refractivity contribution >= 4 is 27.5 Å². The molecule has 0 radical (unpaired) electrons. The van der Waals surface area contributed by atoms with Gasteiger partial charge in [-0.2, -0.15) is 0 Å². The predicted octanol–water partition coefficient (Wildman–Crippen LogP) is 3.61. The Morgan fingerprint density at radius 1 is 1.33 bits per heavy atom. The van der Waals surface area contributed by atoms with E-state index < -0.39 is 0 Å². The number of aryl methyl sites for hydroxylation is 3. The Labute approximate surface area is 113 Å². The monoisotopic (exact) mass is 308 g/mol. The van der Waals surface area contributed by atoms with Crippen LogP contribution in [0.5, 0.6) is 0 Å². The van der Waals surface area contributed by atoms with Gasteiger partial charge < -0.3 is 9.84 Å². The largest absolute Gasteiger partial charge is 0.361 e. The van der Waals surface area contributed by atoms with Crippen molar-refractivity contribution in [3.05, 3.63) is 45.3 Å². The number of halogens is 1. The summed E-state index contributed by atoms with van der Waals surface area (Å²) in [5, 5.41) is 6.46. The van der Waals surface area contributed by atoms with Crippen molar-refractivity contribution in [1.29, 1.82) is 0 Å². The molecule has 1 amide bonds. The van der Waals surface area contributed by atoms with E-state index in [0.29, 0.717) is 11.3 Å². The van der Waals surface area contributed by atoms with Crippen LogP contribution in [-0.4, -0.2) is 11.1 Å². The number of aromatic nitrogens is 1. The number of hydrogen-bond acceptors (Lipinski definition) is 3. The van der Waals surface area contributed by atoms with Crippen LogP contribution in [0, 0.1) is 20.8 Å². The normalized spacial score (nSPS) is 10.4. The summed E-state index contributed by atoms with van der Waals surface area (Å²) in [5.74, 6) is 0.287. The van der Waals surface area contributed by atoms with Crippen molar-refractivity contribution in [2.75, 3.05) is 5.32 Å². The second kappa shape index (κ2) is 4.94. The number of nitrogens with one attached hydrogen (secondary N) is 1. The molecule has 94 valence electrons. The molecule has 0 unspecified atom stereocenters. The number of carbonyl (C=O) groups excluding carboxylic acids is 1. The standard InChI is InChI=1S/C13H13BrN2O2/c1-7-4-8(2)12(11(14)5-7)16-13(17)10-6-15-18-9(10)3/h4-6H,1-3H3,(H,16,17). The molecule has 0 saturated carbocycles. The highest BCUT2D eigenvalue weighted by atomic mass is 79.9. The molecule has 0 aliphatic rings. The van der Waals surface area contributed by atoms with Gasteiger partial charge in [0, 0.05) is 4.47 Å². The van der Waals surface area contributed by atoms with Crippen LogP contribution in [0.3, 0.4) is 0 Å². The van der Waals surface area contributed by atoms with Crippen molar-refractivity contribution in [2.24, 2.45) is 0 Å². The smallest absolute Gasteiger partial charge is 0.260 e. The average molecular weight is 309 g/mol. The third-order valence-electron chi connectivity index (χ3n) is 2.67. The molecule has 0 aliphatic carbocycles. The minimum Gasteiger partial charge on any atom is -0.361 e. The highest BCUT2D eigenvalue weighted by molar-refractivity contribution is 9.10. The van der Waals surface area contributed by atoms with Gasteiger partial charge in [-0.15, -0.1) is 0 Å². The lowest BCUT2D eigenvalue weighted by molar-refractivity contribution is 0.102. The van der Waals surface area contributed by atoms with Gasteiger partial charge in [-0.05, 0) is 53.9 Å². The molecular weight excluding hydrogens is 296 g/mol. The van der Waals surface area contributed by atoms with E-state index in [4.69, 9.17) is 4.52 Å². The zero-order valence-corrected chi connectivity index (χ0v) is 12.0. The highest BCUT2D eigenvalue weighted by Gasteiger charge is 2.15. The fraction of sp³-hybridized carbons (Fsp3) is 0.231. The first-order chi connectivity index (χ1) is 8.49. The van der Waals surface area contributed by atoms with Gasteiger partial charge in [0.05, 0.1) is 11.9 Å². The third-order valence-corrected chi connectivity index (χ3v) is 3.29. The second-order valence-corrected chi connectivity index (χ2v) is 5.04. The summed E-state index contributed by atoms with van der Waals surface area (Å²) in [4.78, 5) is 12.1. The van der Waals surface area contributed by atoms with Crippen LogP contribution in [-0.2, 0) is 0 Å². The lowest BCUT2D eigenvalue weighted by atomic mass is 10.1. The van der Waals surface area contributed by atoms with E-state index in [1.165, 1.54) is 6.20 Å². The molecule has 1 aromatic carbocycles. The molecule has 0 bridgehead atoms. The van der Waals surface area contributed by atoms with Gasteiger partial charge in [-0.3, -0.25) is 4.79 Å². The summed E-state index contributed by atoms with van der Waals surface area (Å²) in [7, 11) is 0. The first kappa shape index (κ1) is 12.8. The Balaban J connectivity index is 2.31. The number of benzene rings is 1. The lowest BCUT2D eigenvalue weighted by Crippen LogP contribution is -2.13. The molecule has 1 heterocycles. The Kier molecular flexibility index (Phi) is 3.52. The van der Waals surface area contributed by atoms with E-state index >= 15 is 0 Å². The highest BCUT2D eigenvalue weighted by Crippen LogP contribution is 2.28. The van der Waals surface area contributed by atoms with Gasteiger partial charge in [0.1, 0.15) is 11.3 Å². The fourth-order valence-electron chi connectivity index (χ4n) is 1.77. The number of carbonyl (C=O) groups is 1.